The van der Waals surface area contributed by atoms with Crippen LogP contribution in [0.2, 0.25) is 0 Å². The molecule has 1 N–H and O–H groups in total. The monoisotopic (exact) mass is 359 g/mol. The number of fused-ring (bicyclic) bond motifs is 1. The van der Waals surface area contributed by atoms with Crippen molar-refractivity contribution >= 4 is 34.0 Å². The van der Waals surface area contributed by atoms with Crippen LogP contribution < -0.4 is 5.32 Å². The molecule has 3 rings (SSSR count). The molecule has 124 valence electrons. The fraction of sp³-hybridized carbons (Fsp3) is 0.375. The van der Waals surface area contributed by atoms with Crippen molar-refractivity contribution in [1.82, 2.24) is 14.8 Å². The van der Waals surface area contributed by atoms with Crippen LogP contribution in [0, 0.1) is 18.3 Å². The van der Waals surface area contributed by atoms with Gasteiger partial charge in [-0.15, -0.1) is 28.1 Å². The Labute approximate surface area is 148 Å². The minimum atomic E-state index is -0.137. The number of nitriles is 1. The number of carbonyl (C=O) groups excluding carboxylic acids is 1. The van der Waals surface area contributed by atoms with Gasteiger partial charge in [-0.3, -0.25) is 4.79 Å². The number of thiophene rings is 1. The maximum atomic E-state index is 12.2. The lowest BCUT2D eigenvalue weighted by molar-refractivity contribution is -0.113. The molecule has 0 aliphatic heterocycles. The Morgan fingerprint density at radius 1 is 1.54 bits per heavy atom. The molecule has 2 aromatic rings. The van der Waals surface area contributed by atoms with Crippen LogP contribution in [0.15, 0.2) is 17.8 Å². The lowest BCUT2D eigenvalue weighted by Crippen LogP contribution is -2.14. The van der Waals surface area contributed by atoms with E-state index in [9.17, 15) is 10.1 Å². The Bertz CT molecular complexity index is 830. The predicted molar refractivity (Wildman–Crippen MR) is 95.4 cm³/mol. The number of aryl methyl sites for hydroxylation is 2. The molecule has 6 nitrogen and oxygen atoms in total. The standard InChI is InChI=1S/C16H17N5OS2/c1-3-7-21-10(2)19-20-16(21)23-9-14(22)18-15-12(8-17)11-5-4-6-13(11)24-15/h3H,1,4-7,9H2,2H3,(H,18,22). The van der Waals surface area contributed by atoms with Crippen LogP contribution in [0.25, 0.3) is 0 Å². The molecule has 0 saturated heterocycles. The number of allylic oxidation sites excluding steroid dienone is 1. The molecule has 1 aliphatic rings. The van der Waals surface area contributed by atoms with Crippen LogP contribution in [0.4, 0.5) is 5.00 Å². The van der Waals surface area contributed by atoms with Crippen LogP contribution in [0.1, 0.15) is 28.2 Å². The zero-order valence-corrected chi connectivity index (χ0v) is 15.0. The maximum absolute atomic E-state index is 12.2. The summed E-state index contributed by atoms with van der Waals surface area (Å²) in [6.07, 6.45) is 4.80. The van der Waals surface area contributed by atoms with E-state index in [2.05, 4.69) is 28.2 Å². The molecular weight excluding hydrogens is 342 g/mol. The first kappa shape index (κ1) is 16.7. The molecule has 1 aliphatic carbocycles. The van der Waals surface area contributed by atoms with E-state index in [0.29, 0.717) is 22.3 Å². The number of anilines is 1. The summed E-state index contributed by atoms with van der Waals surface area (Å²) in [7, 11) is 0. The van der Waals surface area contributed by atoms with Crippen LogP contribution in [-0.2, 0) is 24.2 Å². The largest absolute Gasteiger partial charge is 0.316 e. The second-order valence-corrected chi connectivity index (χ2v) is 7.49. The van der Waals surface area contributed by atoms with Crippen LogP contribution >= 0.6 is 23.1 Å². The van der Waals surface area contributed by atoms with Gasteiger partial charge in [0.05, 0.1) is 11.3 Å². The molecular formula is C16H17N5OS2. The SMILES string of the molecule is C=CCn1c(C)nnc1SCC(=O)Nc1sc2c(c1C#N)CCC2. The number of hydrogen-bond acceptors (Lipinski definition) is 6. The summed E-state index contributed by atoms with van der Waals surface area (Å²) in [5, 5.41) is 21.7. The zero-order valence-electron chi connectivity index (χ0n) is 13.3. The summed E-state index contributed by atoms with van der Waals surface area (Å²) < 4.78 is 1.91. The lowest BCUT2D eigenvalue weighted by Gasteiger charge is -2.06. The summed E-state index contributed by atoms with van der Waals surface area (Å²) in [5.74, 6) is 0.879. The van der Waals surface area contributed by atoms with Crippen molar-refractivity contribution in [2.45, 2.75) is 37.9 Å². The molecule has 0 aromatic carbocycles. The normalized spacial score (nSPS) is 12.7. The van der Waals surface area contributed by atoms with E-state index in [4.69, 9.17) is 0 Å². The molecule has 0 fully saturated rings. The maximum Gasteiger partial charge on any atom is 0.235 e. The van der Waals surface area contributed by atoms with Crippen LogP contribution in [-0.4, -0.2) is 26.4 Å². The topological polar surface area (TPSA) is 83.6 Å². The fourth-order valence-electron chi connectivity index (χ4n) is 2.71. The van der Waals surface area contributed by atoms with Crippen molar-refractivity contribution in [1.29, 1.82) is 5.26 Å². The quantitative estimate of drug-likeness (QED) is 0.633. The third-order valence-electron chi connectivity index (χ3n) is 3.83. The van der Waals surface area contributed by atoms with Crippen LogP contribution in [0.5, 0.6) is 0 Å². The summed E-state index contributed by atoms with van der Waals surface area (Å²) in [4.78, 5) is 13.5. The molecule has 2 heterocycles. The van der Waals surface area contributed by atoms with Gasteiger partial charge in [-0.05, 0) is 31.7 Å². The summed E-state index contributed by atoms with van der Waals surface area (Å²) >= 11 is 2.86. The van der Waals surface area contributed by atoms with E-state index in [1.54, 1.807) is 6.08 Å². The van der Waals surface area contributed by atoms with E-state index in [1.165, 1.54) is 28.0 Å². The highest BCUT2D eigenvalue weighted by Gasteiger charge is 2.23. The number of hydrogen-bond donors (Lipinski definition) is 1. The van der Waals surface area contributed by atoms with Gasteiger partial charge in [-0.25, -0.2) is 0 Å². The molecule has 0 radical (unpaired) electrons. The second kappa shape index (κ2) is 7.20. The van der Waals surface area contributed by atoms with Gasteiger partial charge < -0.3 is 9.88 Å². The van der Waals surface area contributed by atoms with Gasteiger partial charge in [0.2, 0.25) is 5.91 Å². The number of nitrogens with zero attached hydrogens (tertiary/aromatic N) is 4. The Hall–Kier alpha value is -2.11. The number of amides is 1. The van der Waals surface area contributed by atoms with E-state index < -0.39 is 0 Å². The highest BCUT2D eigenvalue weighted by atomic mass is 32.2. The number of rotatable bonds is 6. The molecule has 0 unspecified atom stereocenters. The van der Waals surface area contributed by atoms with Crippen LogP contribution in [0.3, 0.4) is 0 Å². The first-order valence-electron chi connectivity index (χ1n) is 7.62. The average molecular weight is 359 g/mol. The molecule has 24 heavy (non-hydrogen) atoms. The molecule has 8 heteroatoms. The van der Waals surface area contributed by atoms with Crippen molar-refractivity contribution in [2.24, 2.45) is 0 Å². The first-order valence-corrected chi connectivity index (χ1v) is 9.42. The summed E-state index contributed by atoms with van der Waals surface area (Å²) in [5.41, 5.74) is 1.75. The van der Waals surface area contributed by atoms with Crippen molar-refractivity contribution in [2.75, 3.05) is 11.1 Å². The fourth-order valence-corrected chi connectivity index (χ4v) is 4.76. The Morgan fingerprint density at radius 3 is 3.12 bits per heavy atom. The number of carbonyl (C=O) groups is 1. The van der Waals surface area contributed by atoms with Crippen molar-refractivity contribution in [3.05, 3.63) is 34.5 Å². The Balaban J connectivity index is 1.65. The minimum absolute atomic E-state index is 0.137. The highest BCUT2D eigenvalue weighted by Crippen LogP contribution is 2.38. The van der Waals surface area contributed by atoms with Crippen molar-refractivity contribution < 1.29 is 4.79 Å². The van der Waals surface area contributed by atoms with Gasteiger partial charge in [-0.1, -0.05) is 17.8 Å². The van der Waals surface area contributed by atoms with Gasteiger partial charge in [0.25, 0.3) is 0 Å². The first-order chi connectivity index (χ1) is 11.6. The summed E-state index contributed by atoms with van der Waals surface area (Å²) in [6, 6.07) is 2.24. The lowest BCUT2D eigenvalue weighted by atomic mass is 10.1. The van der Waals surface area contributed by atoms with Gasteiger partial charge in [0, 0.05) is 11.4 Å². The minimum Gasteiger partial charge on any atom is -0.316 e. The predicted octanol–water partition coefficient (Wildman–Crippen LogP) is 2.93. The Kier molecular flexibility index (Phi) is 5.02. The number of nitrogens with one attached hydrogen (secondary N) is 1. The van der Waals surface area contributed by atoms with Gasteiger partial charge in [0.1, 0.15) is 16.9 Å². The highest BCUT2D eigenvalue weighted by molar-refractivity contribution is 7.99. The molecule has 1 amide bonds. The van der Waals surface area contributed by atoms with E-state index in [0.717, 1.165) is 30.7 Å². The summed E-state index contributed by atoms with van der Waals surface area (Å²) in [6.45, 7) is 6.20. The smallest absolute Gasteiger partial charge is 0.235 e. The Morgan fingerprint density at radius 2 is 2.38 bits per heavy atom. The van der Waals surface area contributed by atoms with E-state index in [1.807, 2.05) is 11.5 Å². The average Bonchev–Trinajstić information content (AvgIpc) is 3.22. The molecule has 0 atom stereocenters. The van der Waals surface area contributed by atoms with Gasteiger partial charge in [0.15, 0.2) is 5.16 Å². The number of thioether (sulfide) groups is 1. The number of aromatic nitrogens is 3. The van der Waals surface area contributed by atoms with Gasteiger partial charge in [-0.2, -0.15) is 5.26 Å². The van der Waals surface area contributed by atoms with Gasteiger partial charge >= 0.3 is 0 Å². The molecule has 0 bridgehead atoms. The van der Waals surface area contributed by atoms with E-state index in [-0.39, 0.29) is 11.7 Å². The molecule has 0 spiro atoms. The second-order valence-electron chi connectivity index (χ2n) is 5.44. The third kappa shape index (κ3) is 3.23. The molecule has 0 saturated carbocycles. The zero-order chi connectivity index (χ0) is 17.1. The van der Waals surface area contributed by atoms with E-state index >= 15 is 0 Å². The van der Waals surface area contributed by atoms with Crippen molar-refractivity contribution in [3.8, 4) is 6.07 Å². The van der Waals surface area contributed by atoms with Crippen molar-refractivity contribution in [3.63, 3.8) is 0 Å². The molecule has 2 aromatic heterocycles. The third-order valence-corrected chi connectivity index (χ3v) is 6.01.